The molecule has 104 valence electrons. The van der Waals surface area contributed by atoms with E-state index in [0.717, 1.165) is 25.7 Å². The Morgan fingerprint density at radius 3 is 2.50 bits per heavy atom. The Kier molecular flexibility index (Phi) is 6.45. The van der Waals surface area contributed by atoms with Gasteiger partial charge in [-0.2, -0.15) is 0 Å². The SMILES string of the molecule is CCC(CCC(C)C)C(=O)NC1C=C[C@@H](C)CC1. The van der Waals surface area contributed by atoms with Gasteiger partial charge >= 0.3 is 0 Å². The van der Waals surface area contributed by atoms with Gasteiger partial charge in [-0.25, -0.2) is 0 Å². The lowest BCUT2D eigenvalue weighted by Gasteiger charge is -2.24. The minimum Gasteiger partial charge on any atom is -0.350 e. The fourth-order valence-corrected chi connectivity index (χ4v) is 2.43. The van der Waals surface area contributed by atoms with Gasteiger partial charge in [0.05, 0.1) is 0 Å². The van der Waals surface area contributed by atoms with Crippen LogP contribution in [0.15, 0.2) is 12.2 Å². The minimum atomic E-state index is 0.195. The average molecular weight is 251 g/mol. The molecule has 1 aliphatic rings. The van der Waals surface area contributed by atoms with E-state index in [0.29, 0.717) is 11.8 Å². The Morgan fingerprint density at radius 1 is 1.28 bits per heavy atom. The van der Waals surface area contributed by atoms with Crippen LogP contribution in [-0.2, 0) is 4.79 Å². The van der Waals surface area contributed by atoms with Crippen LogP contribution < -0.4 is 5.32 Å². The highest BCUT2D eigenvalue weighted by Gasteiger charge is 2.20. The molecule has 0 aromatic rings. The molecule has 2 unspecified atom stereocenters. The molecule has 0 radical (unpaired) electrons. The summed E-state index contributed by atoms with van der Waals surface area (Å²) in [4.78, 5) is 12.2. The zero-order valence-electron chi connectivity index (χ0n) is 12.4. The van der Waals surface area contributed by atoms with E-state index in [1.165, 1.54) is 6.42 Å². The van der Waals surface area contributed by atoms with Gasteiger partial charge in [-0.05, 0) is 37.5 Å². The predicted octanol–water partition coefficient (Wildman–Crippen LogP) is 3.92. The van der Waals surface area contributed by atoms with E-state index in [2.05, 4.69) is 45.2 Å². The van der Waals surface area contributed by atoms with Crippen molar-refractivity contribution in [1.82, 2.24) is 5.32 Å². The van der Waals surface area contributed by atoms with Crippen molar-refractivity contribution < 1.29 is 4.79 Å². The van der Waals surface area contributed by atoms with Crippen molar-refractivity contribution in [3.05, 3.63) is 12.2 Å². The second-order valence-corrected chi connectivity index (χ2v) is 6.13. The Bertz CT molecular complexity index is 283. The smallest absolute Gasteiger partial charge is 0.223 e. The monoisotopic (exact) mass is 251 g/mol. The average Bonchev–Trinajstić information content (AvgIpc) is 2.32. The van der Waals surface area contributed by atoms with Gasteiger partial charge in [-0.1, -0.05) is 46.3 Å². The first-order valence-corrected chi connectivity index (χ1v) is 7.51. The highest BCUT2D eigenvalue weighted by Crippen LogP contribution is 2.19. The number of hydrogen-bond acceptors (Lipinski definition) is 1. The van der Waals surface area contributed by atoms with Crippen molar-refractivity contribution in [1.29, 1.82) is 0 Å². The first-order valence-electron chi connectivity index (χ1n) is 7.51. The van der Waals surface area contributed by atoms with Crippen LogP contribution in [-0.4, -0.2) is 11.9 Å². The van der Waals surface area contributed by atoms with E-state index >= 15 is 0 Å². The van der Waals surface area contributed by atoms with Crippen LogP contribution in [0.5, 0.6) is 0 Å². The number of allylic oxidation sites excluding steroid dienone is 1. The lowest BCUT2D eigenvalue weighted by atomic mass is 9.92. The molecule has 1 N–H and O–H groups in total. The maximum absolute atomic E-state index is 12.2. The third-order valence-corrected chi connectivity index (χ3v) is 3.89. The van der Waals surface area contributed by atoms with Gasteiger partial charge in [0.25, 0.3) is 0 Å². The maximum Gasteiger partial charge on any atom is 0.223 e. The van der Waals surface area contributed by atoms with Gasteiger partial charge in [-0.3, -0.25) is 4.79 Å². The second kappa shape index (κ2) is 7.60. The van der Waals surface area contributed by atoms with E-state index in [9.17, 15) is 4.79 Å². The molecule has 0 spiro atoms. The highest BCUT2D eigenvalue weighted by atomic mass is 16.1. The third kappa shape index (κ3) is 5.24. The predicted molar refractivity (Wildman–Crippen MR) is 77.3 cm³/mol. The van der Waals surface area contributed by atoms with Crippen molar-refractivity contribution in [3.63, 3.8) is 0 Å². The van der Waals surface area contributed by atoms with E-state index in [-0.39, 0.29) is 17.9 Å². The molecule has 1 amide bonds. The van der Waals surface area contributed by atoms with Crippen molar-refractivity contribution in [2.45, 2.75) is 65.8 Å². The van der Waals surface area contributed by atoms with Gasteiger partial charge in [-0.15, -0.1) is 0 Å². The molecule has 2 heteroatoms. The summed E-state index contributed by atoms with van der Waals surface area (Å²) in [6, 6.07) is 0.266. The number of rotatable bonds is 6. The van der Waals surface area contributed by atoms with Crippen molar-refractivity contribution in [2.75, 3.05) is 0 Å². The van der Waals surface area contributed by atoms with Gasteiger partial charge < -0.3 is 5.32 Å². The molecule has 1 rings (SSSR count). The largest absolute Gasteiger partial charge is 0.350 e. The molecule has 0 heterocycles. The molecular formula is C16H29NO. The summed E-state index contributed by atoms with van der Waals surface area (Å²) in [5, 5.41) is 3.19. The first kappa shape index (κ1) is 15.3. The van der Waals surface area contributed by atoms with Crippen molar-refractivity contribution in [2.24, 2.45) is 17.8 Å². The second-order valence-electron chi connectivity index (χ2n) is 6.13. The normalized spacial score (nSPS) is 25.2. The van der Waals surface area contributed by atoms with E-state index < -0.39 is 0 Å². The van der Waals surface area contributed by atoms with Gasteiger partial charge in [0.2, 0.25) is 5.91 Å². The zero-order valence-corrected chi connectivity index (χ0v) is 12.4. The van der Waals surface area contributed by atoms with Crippen molar-refractivity contribution in [3.8, 4) is 0 Å². The maximum atomic E-state index is 12.2. The van der Waals surface area contributed by atoms with Crippen LogP contribution in [0.1, 0.15) is 59.8 Å². The Hall–Kier alpha value is -0.790. The Labute approximate surface area is 112 Å². The molecule has 0 saturated heterocycles. The summed E-state index contributed by atoms with van der Waals surface area (Å²) in [6.45, 7) is 8.78. The van der Waals surface area contributed by atoms with Crippen LogP contribution in [0.3, 0.4) is 0 Å². The number of hydrogen-bond donors (Lipinski definition) is 1. The van der Waals surface area contributed by atoms with Gasteiger partial charge in [0.1, 0.15) is 0 Å². The van der Waals surface area contributed by atoms with Gasteiger partial charge in [0.15, 0.2) is 0 Å². The standard InChI is InChI=1S/C16H29NO/c1-5-14(9-6-12(2)3)16(18)17-15-10-7-13(4)8-11-15/h7,10,12-15H,5-6,8-9,11H2,1-4H3,(H,17,18)/t13-,14?,15?/m1/s1. The number of amides is 1. The fourth-order valence-electron chi connectivity index (χ4n) is 2.43. The summed E-state index contributed by atoms with van der Waals surface area (Å²) < 4.78 is 0. The van der Waals surface area contributed by atoms with Gasteiger partial charge in [0, 0.05) is 12.0 Å². The molecule has 1 aliphatic carbocycles. The molecule has 2 nitrogen and oxygen atoms in total. The number of nitrogens with one attached hydrogen (secondary N) is 1. The fraction of sp³-hybridized carbons (Fsp3) is 0.812. The van der Waals surface area contributed by atoms with Crippen molar-refractivity contribution >= 4 is 5.91 Å². The summed E-state index contributed by atoms with van der Waals surface area (Å²) in [7, 11) is 0. The van der Waals surface area contributed by atoms with Crippen LogP contribution >= 0.6 is 0 Å². The Morgan fingerprint density at radius 2 is 2.00 bits per heavy atom. The van der Waals surface area contributed by atoms with Crippen LogP contribution in [0.25, 0.3) is 0 Å². The number of carbonyl (C=O) groups excluding carboxylic acids is 1. The summed E-state index contributed by atoms with van der Waals surface area (Å²) in [6.07, 6.45) is 9.78. The Balaban J connectivity index is 2.39. The lowest BCUT2D eigenvalue weighted by Crippen LogP contribution is -2.39. The minimum absolute atomic E-state index is 0.195. The quantitative estimate of drug-likeness (QED) is 0.712. The number of carbonyl (C=O) groups is 1. The van der Waals surface area contributed by atoms with E-state index in [4.69, 9.17) is 0 Å². The summed E-state index contributed by atoms with van der Waals surface area (Å²) >= 11 is 0. The van der Waals surface area contributed by atoms with E-state index in [1.807, 2.05) is 0 Å². The zero-order chi connectivity index (χ0) is 13.5. The van der Waals surface area contributed by atoms with Crippen LogP contribution in [0.4, 0.5) is 0 Å². The molecule has 0 bridgehead atoms. The molecule has 0 aliphatic heterocycles. The van der Waals surface area contributed by atoms with Crippen LogP contribution in [0.2, 0.25) is 0 Å². The molecule has 18 heavy (non-hydrogen) atoms. The third-order valence-electron chi connectivity index (χ3n) is 3.89. The van der Waals surface area contributed by atoms with E-state index in [1.54, 1.807) is 0 Å². The molecular weight excluding hydrogens is 222 g/mol. The molecule has 3 atom stereocenters. The van der Waals surface area contributed by atoms with Crippen LogP contribution in [0, 0.1) is 17.8 Å². The molecule has 0 saturated carbocycles. The molecule has 0 fully saturated rings. The summed E-state index contributed by atoms with van der Waals surface area (Å²) in [5.74, 6) is 1.80. The summed E-state index contributed by atoms with van der Waals surface area (Å²) in [5.41, 5.74) is 0. The lowest BCUT2D eigenvalue weighted by molar-refractivity contribution is -0.125. The molecule has 0 aromatic carbocycles. The first-order chi connectivity index (χ1) is 8.52. The molecule has 0 aromatic heterocycles. The highest BCUT2D eigenvalue weighted by molar-refractivity contribution is 5.79. The topological polar surface area (TPSA) is 29.1 Å².